The van der Waals surface area contributed by atoms with Crippen LogP contribution in [0, 0.1) is 0 Å². The lowest BCUT2D eigenvalue weighted by molar-refractivity contribution is -0.743. The number of rotatable bonds is 0. The molecule has 0 aromatic carbocycles. The third-order valence-corrected chi connectivity index (χ3v) is 3.21. The molecule has 3 heterocycles. The molecule has 3 aliphatic heterocycles. The van der Waals surface area contributed by atoms with E-state index in [1.54, 1.807) is 0 Å². The number of amides is 5. The minimum atomic E-state index is -0.443. The third-order valence-electron chi connectivity index (χ3n) is 3.21. The maximum absolute atomic E-state index is 11.7. The fraction of sp³-hybridized carbons (Fsp3) is 0.625. The molecule has 0 saturated carbocycles. The number of hydrogen-bond donors (Lipinski definition) is 5. The average molecular weight is 241 g/mol. The van der Waals surface area contributed by atoms with Crippen molar-refractivity contribution in [3.05, 3.63) is 0 Å². The number of hydrogen-bond acceptors (Lipinski definition) is 3. The molecule has 3 fully saturated rings. The third kappa shape index (κ3) is 1.39. The Bertz CT molecular complexity index is 382. The Morgan fingerprint density at radius 1 is 1.06 bits per heavy atom. The molecule has 92 valence electrons. The minimum absolute atomic E-state index is 0.198. The first-order valence-electron chi connectivity index (χ1n) is 5.34. The Balaban J connectivity index is 1.92. The van der Waals surface area contributed by atoms with Crippen LogP contribution in [0.2, 0.25) is 0 Å². The van der Waals surface area contributed by atoms with E-state index in [0.29, 0.717) is 0 Å². The van der Waals surface area contributed by atoms with Crippen LogP contribution in [0.5, 0.6) is 0 Å². The Morgan fingerprint density at radius 2 is 1.53 bits per heavy atom. The molecule has 3 saturated heterocycles. The Kier molecular flexibility index (Phi) is 1.93. The normalized spacial score (nSPS) is 38.5. The van der Waals surface area contributed by atoms with Crippen LogP contribution < -0.4 is 26.6 Å². The van der Waals surface area contributed by atoms with Gasteiger partial charge < -0.3 is 16.0 Å². The summed E-state index contributed by atoms with van der Waals surface area (Å²) in [5, 5.41) is 12.5. The predicted octanol–water partition coefficient (Wildman–Crippen LogP) is -3.66. The largest absolute Gasteiger partial charge is 0.321 e. The molecule has 0 aliphatic carbocycles. The molecule has 3 rings (SSSR count). The first-order chi connectivity index (χ1) is 8.06. The smallest absolute Gasteiger partial charge is 0.310 e. The van der Waals surface area contributed by atoms with Crippen LogP contribution in [0.25, 0.3) is 0 Å². The van der Waals surface area contributed by atoms with Crippen molar-refractivity contribution in [1.29, 1.82) is 0 Å². The maximum Gasteiger partial charge on any atom is 0.321 e. The molecule has 17 heavy (non-hydrogen) atoms. The Labute approximate surface area is 96.3 Å². The van der Waals surface area contributed by atoms with Gasteiger partial charge in [0.15, 0.2) is 12.3 Å². The molecule has 4 atom stereocenters. The zero-order chi connectivity index (χ0) is 12.2. The molecule has 0 aromatic heterocycles. The van der Waals surface area contributed by atoms with Crippen molar-refractivity contribution in [1.82, 2.24) is 26.2 Å². The molecule has 0 bridgehead atoms. The van der Waals surface area contributed by atoms with Crippen molar-refractivity contribution in [3.63, 3.8) is 0 Å². The fourth-order valence-electron chi connectivity index (χ4n) is 2.57. The van der Waals surface area contributed by atoms with Crippen molar-refractivity contribution >= 4 is 18.0 Å². The number of quaternary nitrogens is 1. The highest BCUT2D eigenvalue weighted by Gasteiger charge is 2.54. The maximum atomic E-state index is 11.7. The van der Waals surface area contributed by atoms with Gasteiger partial charge in [-0.2, -0.15) is 0 Å². The molecule has 6 N–H and O–H groups in total. The quantitative estimate of drug-likeness (QED) is 0.301. The van der Waals surface area contributed by atoms with Gasteiger partial charge in [-0.15, -0.1) is 0 Å². The Morgan fingerprint density at radius 3 is 1.94 bits per heavy atom. The summed E-state index contributed by atoms with van der Waals surface area (Å²) < 4.78 is 0. The minimum Gasteiger partial charge on any atom is -0.310 e. The van der Waals surface area contributed by atoms with E-state index in [1.807, 2.05) is 5.32 Å². The molecule has 3 aliphatic rings. The number of nitrogens with zero attached hydrogens (tertiary/aromatic N) is 1. The van der Waals surface area contributed by atoms with Gasteiger partial charge in [0.2, 0.25) is 18.2 Å². The summed E-state index contributed by atoms with van der Waals surface area (Å²) in [5.41, 5.74) is 0. The van der Waals surface area contributed by atoms with Gasteiger partial charge in [0.05, 0.1) is 0 Å². The summed E-state index contributed by atoms with van der Waals surface area (Å²) in [7, 11) is 0. The van der Waals surface area contributed by atoms with Crippen molar-refractivity contribution in [3.8, 4) is 0 Å². The van der Waals surface area contributed by atoms with Crippen molar-refractivity contribution in [2.45, 2.75) is 31.6 Å². The van der Waals surface area contributed by atoms with Gasteiger partial charge in [-0.25, -0.2) is 9.59 Å². The van der Waals surface area contributed by atoms with E-state index in [9.17, 15) is 14.4 Å². The zero-order valence-corrected chi connectivity index (χ0v) is 9.06. The van der Waals surface area contributed by atoms with Crippen LogP contribution in [-0.2, 0) is 4.79 Å². The highest BCUT2D eigenvalue weighted by molar-refractivity contribution is 5.82. The molecule has 0 unspecified atom stereocenters. The SMILES string of the molecule is CC(=O)N1[C@@H]2NC(=O)N[C@H]2[NH2+][C@H]2NC(=O)N[C@@H]21. The number of nitrogens with two attached hydrogens (primary N) is 1. The van der Waals surface area contributed by atoms with Gasteiger partial charge in [-0.1, -0.05) is 0 Å². The number of fused-ring (bicyclic) bond motifs is 2. The van der Waals surface area contributed by atoms with Crippen LogP contribution in [0.3, 0.4) is 0 Å². The van der Waals surface area contributed by atoms with Crippen LogP contribution in [0.1, 0.15) is 6.92 Å². The van der Waals surface area contributed by atoms with Gasteiger partial charge in [-0.3, -0.25) is 20.3 Å². The molecule has 5 amide bonds. The predicted molar refractivity (Wildman–Crippen MR) is 52.9 cm³/mol. The van der Waals surface area contributed by atoms with E-state index >= 15 is 0 Å². The second-order valence-corrected chi connectivity index (χ2v) is 4.30. The van der Waals surface area contributed by atoms with Crippen LogP contribution in [0.4, 0.5) is 9.59 Å². The van der Waals surface area contributed by atoms with E-state index in [1.165, 1.54) is 11.8 Å². The van der Waals surface area contributed by atoms with Gasteiger partial charge in [0.25, 0.3) is 0 Å². The molecule has 9 heteroatoms. The summed E-state index contributed by atoms with van der Waals surface area (Å²) in [6.45, 7) is 1.41. The summed E-state index contributed by atoms with van der Waals surface area (Å²) in [4.78, 5) is 35.7. The average Bonchev–Trinajstić information content (AvgIpc) is 2.73. The number of nitrogens with one attached hydrogen (secondary N) is 4. The number of urea groups is 2. The lowest BCUT2D eigenvalue weighted by Gasteiger charge is -2.40. The van der Waals surface area contributed by atoms with Gasteiger partial charge in [0, 0.05) is 6.92 Å². The zero-order valence-electron chi connectivity index (χ0n) is 9.06. The second kappa shape index (κ2) is 3.23. The van der Waals surface area contributed by atoms with E-state index in [-0.39, 0.29) is 30.3 Å². The van der Waals surface area contributed by atoms with Crippen molar-refractivity contribution in [2.24, 2.45) is 0 Å². The van der Waals surface area contributed by atoms with Gasteiger partial charge in [0.1, 0.15) is 0 Å². The van der Waals surface area contributed by atoms with Crippen LogP contribution >= 0.6 is 0 Å². The molecule has 9 nitrogen and oxygen atoms in total. The Hall–Kier alpha value is -2.03. The summed E-state index contributed by atoms with van der Waals surface area (Å²) in [5.74, 6) is -0.198. The molecule has 0 radical (unpaired) electrons. The second-order valence-electron chi connectivity index (χ2n) is 4.30. The summed E-state index contributed by atoms with van der Waals surface area (Å²) >= 11 is 0. The monoisotopic (exact) mass is 241 g/mol. The number of carbonyl (C=O) groups is 3. The van der Waals surface area contributed by atoms with E-state index in [0.717, 1.165) is 0 Å². The standard InChI is InChI=1S/C8H12N6O3/c1-2(15)14-5-3(10-7(16)12-5)9-4-6(14)13-8(17)11-4/h3-6,9H,1H3,(H2,10,12,16)(H2,11,13,17)/p+1/t3-,4+,5+,6-. The van der Waals surface area contributed by atoms with Crippen molar-refractivity contribution < 1.29 is 19.7 Å². The van der Waals surface area contributed by atoms with Gasteiger partial charge >= 0.3 is 12.1 Å². The topological polar surface area (TPSA) is 119 Å². The fourth-order valence-corrected chi connectivity index (χ4v) is 2.57. The van der Waals surface area contributed by atoms with E-state index in [4.69, 9.17) is 0 Å². The summed E-state index contributed by atoms with van der Waals surface area (Å²) in [6, 6.07) is -0.623. The first-order valence-corrected chi connectivity index (χ1v) is 5.34. The first kappa shape index (κ1) is 10.1. The summed E-state index contributed by atoms with van der Waals surface area (Å²) in [6.07, 6.45) is -1.46. The molecular formula is C8H13N6O3+. The van der Waals surface area contributed by atoms with Crippen LogP contribution in [-0.4, -0.2) is 47.5 Å². The number of carbonyl (C=O) groups excluding carboxylic acids is 3. The van der Waals surface area contributed by atoms with Crippen LogP contribution in [0.15, 0.2) is 0 Å². The highest BCUT2D eigenvalue weighted by atomic mass is 16.2. The molecule has 0 spiro atoms. The highest BCUT2D eigenvalue weighted by Crippen LogP contribution is 2.15. The van der Waals surface area contributed by atoms with Gasteiger partial charge in [-0.05, 0) is 0 Å². The van der Waals surface area contributed by atoms with E-state index < -0.39 is 12.3 Å². The molecule has 0 aromatic rings. The number of piperazine rings is 1. The van der Waals surface area contributed by atoms with Crippen molar-refractivity contribution in [2.75, 3.05) is 0 Å². The lowest BCUT2D eigenvalue weighted by atomic mass is 10.2. The van der Waals surface area contributed by atoms with E-state index in [2.05, 4.69) is 21.3 Å². The molecular weight excluding hydrogens is 228 g/mol. The lowest BCUT2D eigenvalue weighted by Crippen LogP contribution is -3.07.